The lowest BCUT2D eigenvalue weighted by molar-refractivity contribution is -0.120. The Labute approximate surface area is 204 Å². The molecule has 0 spiro atoms. The predicted molar refractivity (Wildman–Crippen MR) is 138 cm³/mol. The molecule has 1 unspecified atom stereocenters. The first kappa shape index (κ1) is 25.8. The molecule has 0 bridgehead atoms. The highest BCUT2D eigenvalue weighted by molar-refractivity contribution is 5.83. The smallest absolute Gasteiger partial charge is 0.330 e. The van der Waals surface area contributed by atoms with Crippen molar-refractivity contribution in [2.24, 2.45) is 0 Å². The van der Waals surface area contributed by atoms with E-state index < -0.39 is 11.2 Å². The van der Waals surface area contributed by atoms with Crippen molar-refractivity contribution in [3.05, 3.63) is 91.6 Å². The molecule has 0 radical (unpaired) electrons. The summed E-state index contributed by atoms with van der Waals surface area (Å²) in [5.74, 6) is -0.290. The molecule has 9 heteroatoms. The third kappa shape index (κ3) is 6.39. The van der Waals surface area contributed by atoms with Gasteiger partial charge in [0.2, 0.25) is 5.91 Å². The van der Waals surface area contributed by atoms with Gasteiger partial charge in [-0.05, 0) is 43.0 Å². The largest absolute Gasteiger partial charge is 0.383 e. The van der Waals surface area contributed by atoms with E-state index in [4.69, 9.17) is 10.5 Å². The molecule has 1 heterocycles. The number of hydrogen-bond donors (Lipinski definition) is 3. The topological polar surface area (TPSA) is 122 Å². The molecule has 186 valence electrons. The van der Waals surface area contributed by atoms with Crippen LogP contribution in [0.15, 0.2) is 58.1 Å². The monoisotopic (exact) mass is 479 g/mol. The molecule has 0 aliphatic carbocycles. The fourth-order valence-corrected chi connectivity index (χ4v) is 3.88. The van der Waals surface area contributed by atoms with Crippen molar-refractivity contribution < 1.29 is 9.53 Å². The van der Waals surface area contributed by atoms with Gasteiger partial charge >= 0.3 is 5.69 Å². The third-order valence-corrected chi connectivity index (χ3v) is 6.01. The van der Waals surface area contributed by atoms with Gasteiger partial charge < -0.3 is 20.7 Å². The fourth-order valence-electron chi connectivity index (χ4n) is 3.88. The molecule has 3 aromatic rings. The Hall–Kier alpha value is -3.85. The summed E-state index contributed by atoms with van der Waals surface area (Å²) in [5, 5.41) is 3.01. The van der Waals surface area contributed by atoms with Gasteiger partial charge in [-0.1, -0.05) is 48.5 Å². The molecule has 9 nitrogen and oxygen atoms in total. The molecule has 1 atom stereocenters. The lowest BCUT2D eigenvalue weighted by Gasteiger charge is -2.27. The Bertz CT molecular complexity index is 1280. The molecule has 0 fully saturated rings. The molecule has 3 rings (SSSR count). The molecule has 0 saturated heterocycles. The highest BCUT2D eigenvalue weighted by Gasteiger charge is 2.22. The number of nitrogens with two attached hydrogens (primary N) is 1. The second kappa shape index (κ2) is 11.5. The Morgan fingerprint density at radius 1 is 1.14 bits per heavy atom. The maximum absolute atomic E-state index is 13.1. The van der Waals surface area contributed by atoms with Gasteiger partial charge in [-0.15, -0.1) is 0 Å². The second-order valence-electron chi connectivity index (χ2n) is 8.61. The predicted octanol–water partition coefficient (Wildman–Crippen LogP) is 2.27. The molecule has 2 aromatic carbocycles. The quantitative estimate of drug-likeness (QED) is 0.410. The molecule has 1 aromatic heterocycles. The summed E-state index contributed by atoms with van der Waals surface area (Å²) in [6.45, 7) is 6.51. The number of H-pyrrole nitrogens is 1. The first-order valence-electron chi connectivity index (χ1n) is 11.5. The van der Waals surface area contributed by atoms with E-state index in [1.54, 1.807) is 4.90 Å². The molecule has 4 N–H and O–H groups in total. The Kier molecular flexibility index (Phi) is 8.48. The molecule has 0 saturated carbocycles. The molecular formula is C26H33N5O4. The van der Waals surface area contributed by atoms with Crippen LogP contribution >= 0.6 is 0 Å². The van der Waals surface area contributed by atoms with E-state index in [1.165, 1.54) is 17.2 Å². The van der Waals surface area contributed by atoms with E-state index >= 15 is 0 Å². The zero-order valence-electron chi connectivity index (χ0n) is 20.6. The number of rotatable bonds is 10. The highest BCUT2D eigenvalue weighted by atomic mass is 16.5. The van der Waals surface area contributed by atoms with Crippen LogP contribution in [0.1, 0.15) is 35.2 Å². The maximum Gasteiger partial charge on any atom is 0.330 e. The van der Waals surface area contributed by atoms with Crippen LogP contribution in [0.2, 0.25) is 0 Å². The van der Waals surface area contributed by atoms with Crippen molar-refractivity contribution in [2.45, 2.75) is 39.9 Å². The number of aryl methyl sites for hydroxylation is 2. The number of carbonyl (C=O) groups is 1. The summed E-state index contributed by atoms with van der Waals surface area (Å²) in [6.07, 6.45) is 0. The normalized spacial score (nSPS) is 11.8. The van der Waals surface area contributed by atoms with Crippen LogP contribution < -0.4 is 27.2 Å². The summed E-state index contributed by atoms with van der Waals surface area (Å²) in [7, 11) is 1.51. The average Bonchev–Trinajstić information content (AvgIpc) is 2.81. The minimum atomic E-state index is -0.646. The Balaban J connectivity index is 1.92. The van der Waals surface area contributed by atoms with Crippen molar-refractivity contribution in [3.8, 4) is 0 Å². The summed E-state index contributed by atoms with van der Waals surface area (Å²) in [6, 6.07) is 15.3. The van der Waals surface area contributed by atoms with Gasteiger partial charge in [-0.2, -0.15) is 0 Å². The van der Waals surface area contributed by atoms with Crippen LogP contribution in [0.25, 0.3) is 0 Å². The second-order valence-corrected chi connectivity index (χ2v) is 8.61. The highest BCUT2D eigenvalue weighted by Crippen LogP contribution is 2.20. The lowest BCUT2D eigenvalue weighted by Crippen LogP contribution is -2.43. The number of aromatic nitrogens is 2. The number of ether oxygens (including phenoxy) is 1. The van der Waals surface area contributed by atoms with Gasteiger partial charge in [0.1, 0.15) is 11.5 Å². The molecular weight excluding hydrogens is 446 g/mol. The third-order valence-electron chi connectivity index (χ3n) is 6.01. The van der Waals surface area contributed by atoms with E-state index in [-0.39, 0.29) is 49.7 Å². The van der Waals surface area contributed by atoms with Crippen molar-refractivity contribution in [1.29, 1.82) is 0 Å². The summed E-state index contributed by atoms with van der Waals surface area (Å²) in [4.78, 5) is 42.2. The number of hydrogen-bond acceptors (Lipinski definition) is 6. The van der Waals surface area contributed by atoms with Crippen molar-refractivity contribution in [1.82, 2.24) is 14.9 Å². The number of methoxy groups -OCH3 is 1. The lowest BCUT2D eigenvalue weighted by atomic mass is 10.0. The van der Waals surface area contributed by atoms with Gasteiger partial charge in [0.25, 0.3) is 5.56 Å². The van der Waals surface area contributed by atoms with E-state index in [9.17, 15) is 14.4 Å². The van der Waals surface area contributed by atoms with Crippen LogP contribution in [0, 0.1) is 13.8 Å². The SMILES string of the molecule is COCCn1c(N)c(N(CC(=O)NC(C)c2ccc(C)c(C)c2)Cc2ccccc2)c(=O)[nH]c1=O. The summed E-state index contributed by atoms with van der Waals surface area (Å²) in [5.41, 5.74) is 9.29. The first-order valence-corrected chi connectivity index (χ1v) is 11.5. The zero-order valence-corrected chi connectivity index (χ0v) is 20.6. The average molecular weight is 480 g/mol. The number of anilines is 2. The van der Waals surface area contributed by atoms with E-state index in [2.05, 4.69) is 16.4 Å². The number of amides is 1. The number of nitrogens with zero attached hydrogens (tertiary/aromatic N) is 2. The van der Waals surface area contributed by atoms with Crippen LogP contribution in [-0.4, -0.2) is 35.7 Å². The van der Waals surface area contributed by atoms with Crippen molar-refractivity contribution in [2.75, 3.05) is 30.9 Å². The zero-order chi connectivity index (χ0) is 25.5. The first-order chi connectivity index (χ1) is 16.7. The van der Waals surface area contributed by atoms with E-state index in [1.807, 2.05) is 63.2 Å². The van der Waals surface area contributed by atoms with Crippen molar-refractivity contribution >= 4 is 17.4 Å². The molecule has 35 heavy (non-hydrogen) atoms. The number of benzene rings is 2. The van der Waals surface area contributed by atoms with E-state index in [0.29, 0.717) is 0 Å². The van der Waals surface area contributed by atoms with Crippen LogP contribution in [-0.2, 0) is 22.6 Å². The van der Waals surface area contributed by atoms with E-state index in [0.717, 1.165) is 16.7 Å². The Morgan fingerprint density at radius 2 is 1.86 bits per heavy atom. The minimum Gasteiger partial charge on any atom is -0.383 e. The fraction of sp³-hybridized carbons (Fsp3) is 0.346. The number of aromatic amines is 1. The summed E-state index contributed by atoms with van der Waals surface area (Å²) < 4.78 is 6.31. The standard InChI is InChI=1S/C26H33N5O4/c1-17-10-11-21(14-18(17)2)19(3)28-22(32)16-30(15-20-8-6-5-7-9-20)23-24(27)31(12-13-35-4)26(34)29-25(23)33/h5-11,14,19H,12-13,15-16,27H2,1-4H3,(H,28,32)(H,29,33,34). The van der Waals surface area contributed by atoms with Gasteiger partial charge in [0, 0.05) is 13.7 Å². The van der Waals surface area contributed by atoms with Gasteiger partial charge in [-0.3, -0.25) is 19.1 Å². The number of nitrogens with one attached hydrogen (secondary N) is 2. The number of nitrogen functional groups attached to an aromatic ring is 1. The van der Waals surface area contributed by atoms with Gasteiger partial charge in [0.05, 0.1) is 25.7 Å². The molecule has 0 aliphatic rings. The van der Waals surface area contributed by atoms with Crippen LogP contribution in [0.4, 0.5) is 11.5 Å². The molecule has 0 aliphatic heterocycles. The Morgan fingerprint density at radius 3 is 2.51 bits per heavy atom. The van der Waals surface area contributed by atoms with Gasteiger partial charge in [0.15, 0.2) is 0 Å². The maximum atomic E-state index is 13.1. The summed E-state index contributed by atoms with van der Waals surface area (Å²) >= 11 is 0. The number of carbonyl (C=O) groups excluding carboxylic acids is 1. The van der Waals surface area contributed by atoms with Crippen LogP contribution in [0.3, 0.4) is 0 Å². The minimum absolute atomic E-state index is 0.0123. The van der Waals surface area contributed by atoms with Crippen LogP contribution in [0.5, 0.6) is 0 Å². The molecule has 1 amide bonds. The van der Waals surface area contributed by atoms with Crippen molar-refractivity contribution in [3.63, 3.8) is 0 Å². The van der Waals surface area contributed by atoms with Gasteiger partial charge in [-0.25, -0.2) is 4.79 Å².